The Balaban J connectivity index is 0.000000380. The zero-order chi connectivity index (χ0) is 29.8. The molecule has 6 saturated carbocycles. The molecule has 0 unspecified atom stereocenters. The summed E-state index contributed by atoms with van der Waals surface area (Å²) in [5, 5.41) is 0. The van der Waals surface area contributed by atoms with Gasteiger partial charge in [-0.2, -0.15) is 0 Å². The Morgan fingerprint density at radius 1 is 0.318 bits per heavy atom. The Hall–Kier alpha value is 2.76. The van der Waals surface area contributed by atoms with Crippen LogP contribution in [0.15, 0.2) is 0 Å². The van der Waals surface area contributed by atoms with Gasteiger partial charge in [0, 0.05) is 7.92 Å². The Bertz CT molecular complexity index is 481. The molecular formula is C38H73Cl2P2Pd2+. The molecule has 0 saturated heterocycles. The van der Waals surface area contributed by atoms with Gasteiger partial charge in [0.05, 0.1) is 17.0 Å². The van der Waals surface area contributed by atoms with Gasteiger partial charge in [-0.3, -0.25) is 0 Å². The van der Waals surface area contributed by atoms with Gasteiger partial charge in [-0.25, -0.2) is 0 Å². The molecule has 6 heteroatoms. The summed E-state index contributed by atoms with van der Waals surface area (Å²) >= 11 is 4.44. The molecule has 0 nitrogen and oxygen atoms in total. The molecule has 44 heavy (non-hydrogen) atoms. The van der Waals surface area contributed by atoms with E-state index in [9.17, 15) is 0 Å². The van der Waals surface area contributed by atoms with Gasteiger partial charge in [-0.05, 0) is 133 Å². The first-order valence-electron chi connectivity index (χ1n) is 18.8. The van der Waals surface area contributed by atoms with Crippen LogP contribution < -0.4 is 0 Å². The molecule has 6 aliphatic rings. The van der Waals surface area contributed by atoms with Crippen molar-refractivity contribution in [2.45, 2.75) is 227 Å². The fourth-order valence-corrected chi connectivity index (χ4v) is 20.2. The summed E-state index contributed by atoms with van der Waals surface area (Å²) in [4.78, 5) is 0. The Morgan fingerprint density at radius 3 is 0.705 bits per heavy atom. The first kappa shape index (κ1) is 44.8. The fourth-order valence-electron chi connectivity index (χ4n) is 10.3. The Labute approximate surface area is 310 Å². The van der Waals surface area contributed by atoms with Crippen LogP contribution in [0.5, 0.6) is 0 Å². The Morgan fingerprint density at radius 2 is 0.500 bits per heavy atom. The summed E-state index contributed by atoms with van der Waals surface area (Å²) in [7, 11) is 9.32. The van der Waals surface area contributed by atoms with Crippen molar-refractivity contribution in [2.24, 2.45) is 0 Å². The molecule has 0 N–H and O–H groups in total. The SMILES string of the molecule is C1CCC(P(C2CCCCC2)C2CCCCC2)CC1.C1CCC([PH+](C2CCCCC2)C2CCCCC2)CC1.[CH3-].[CH3-].[Cl][Pd+].[Cl][Pd+]. The van der Waals surface area contributed by atoms with Crippen molar-refractivity contribution >= 4 is 34.9 Å². The van der Waals surface area contributed by atoms with E-state index in [1.54, 1.807) is 173 Å². The second-order valence-corrected chi connectivity index (χ2v) is 21.4. The molecule has 0 heterocycles. The summed E-state index contributed by atoms with van der Waals surface area (Å²) in [6, 6.07) is 0. The van der Waals surface area contributed by atoms with Crippen molar-refractivity contribution in [3.05, 3.63) is 14.9 Å². The molecule has 0 bridgehead atoms. The van der Waals surface area contributed by atoms with E-state index in [4.69, 9.17) is 0 Å². The van der Waals surface area contributed by atoms with Crippen LogP contribution in [-0.4, -0.2) is 34.0 Å². The molecule has 0 spiro atoms. The molecule has 6 fully saturated rings. The number of hydrogen-bond acceptors (Lipinski definition) is 0. The predicted molar refractivity (Wildman–Crippen MR) is 201 cm³/mol. The first-order chi connectivity index (χ1) is 20.9. The van der Waals surface area contributed by atoms with Crippen LogP contribution in [0.1, 0.15) is 193 Å². The average molecular weight is 876 g/mol. The van der Waals surface area contributed by atoms with E-state index < -0.39 is 0 Å². The minimum atomic E-state index is -0.0465. The maximum absolute atomic E-state index is 4.49. The van der Waals surface area contributed by atoms with Gasteiger partial charge in [-0.15, -0.1) is 0 Å². The van der Waals surface area contributed by atoms with Crippen LogP contribution in [0.2, 0.25) is 0 Å². The monoisotopic (exact) mass is 873 g/mol. The van der Waals surface area contributed by atoms with Crippen LogP contribution in [0.3, 0.4) is 0 Å². The average Bonchev–Trinajstić information content (AvgIpc) is 3.10. The van der Waals surface area contributed by atoms with Gasteiger partial charge in [0.1, 0.15) is 0 Å². The summed E-state index contributed by atoms with van der Waals surface area (Å²) in [6.45, 7) is 0. The van der Waals surface area contributed by atoms with Crippen LogP contribution in [0.4, 0.5) is 0 Å². The van der Waals surface area contributed by atoms with Crippen molar-refractivity contribution in [1.82, 2.24) is 0 Å². The normalized spacial score (nSPS) is 25.3. The van der Waals surface area contributed by atoms with Crippen LogP contribution in [0, 0.1) is 14.9 Å². The fraction of sp³-hybridized carbons (Fsp3) is 0.947. The van der Waals surface area contributed by atoms with Crippen molar-refractivity contribution in [3.63, 3.8) is 0 Å². The van der Waals surface area contributed by atoms with E-state index in [1.165, 1.54) is 53.2 Å². The molecule has 268 valence electrons. The molecule has 6 aliphatic carbocycles. The van der Waals surface area contributed by atoms with Gasteiger partial charge in [0.25, 0.3) is 0 Å². The zero-order valence-electron chi connectivity index (χ0n) is 29.0. The van der Waals surface area contributed by atoms with Crippen LogP contribution in [-0.2, 0) is 36.4 Å². The third kappa shape index (κ3) is 15.3. The van der Waals surface area contributed by atoms with E-state index in [0.717, 1.165) is 0 Å². The third-order valence-corrected chi connectivity index (χ3v) is 20.9. The van der Waals surface area contributed by atoms with E-state index in [0.29, 0.717) is 7.92 Å². The summed E-state index contributed by atoms with van der Waals surface area (Å²) < 4.78 is 0. The molecule has 0 aromatic carbocycles. The van der Waals surface area contributed by atoms with Gasteiger partial charge >= 0.3 is 55.4 Å². The standard InChI is InChI=1S/2C18H33P.2CH3.2ClH.2Pd/c2*1-4-10-16(11-5-1)19(17-12-6-2-7-13-17)18-14-8-3-9-15-18;;;;;;/h2*16-18H,1-15H2;2*1H3;2*1H;;/q;;2*-1;;;2*+2/p-1. The molecule has 0 aromatic heterocycles. The van der Waals surface area contributed by atoms with Crippen molar-refractivity contribution in [3.8, 4) is 0 Å². The molecule has 6 rings (SSSR count). The van der Waals surface area contributed by atoms with Gasteiger partial charge < -0.3 is 14.9 Å². The zero-order valence-corrected chi connectivity index (χ0v) is 35.5. The van der Waals surface area contributed by atoms with E-state index in [2.05, 4.69) is 55.4 Å². The molecular weight excluding hydrogens is 802 g/mol. The van der Waals surface area contributed by atoms with Crippen molar-refractivity contribution < 1.29 is 36.4 Å². The van der Waals surface area contributed by atoms with Crippen LogP contribution >= 0.6 is 34.9 Å². The first-order valence-corrected chi connectivity index (χ1v) is 26.1. The summed E-state index contributed by atoms with van der Waals surface area (Å²) in [5.74, 6) is 0. The number of rotatable bonds is 6. The van der Waals surface area contributed by atoms with Crippen molar-refractivity contribution in [2.75, 3.05) is 0 Å². The quantitative estimate of drug-likeness (QED) is 0.142. The summed E-state index contributed by atoms with van der Waals surface area (Å²) in [6.07, 6.45) is 47.4. The molecule has 0 aliphatic heterocycles. The molecule has 0 atom stereocenters. The van der Waals surface area contributed by atoms with Gasteiger partial charge in [0.15, 0.2) is 0 Å². The van der Waals surface area contributed by atoms with Crippen molar-refractivity contribution in [1.29, 1.82) is 0 Å². The number of halogens is 2. The number of hydrogen-bond donors (Lipinski definition) is 0. The minimum absolute atomic E-state index is 0. The second kappa shape index (κ2) is 28.5. The third-order valence-electron chi connectivity index (χ3n) is 12.2. The maximum atomic E-state index is 4.49. The topological polar surface area (TPSA) is 0 Å². The van der Waals surface area contributed by atoms with Crippen LogP contribution in [0.25, 0.3) is 0 Å². The van der Waals surface area contributed by atoms with E-state index >= 15 is 0 Å². The van der Waals surface area contributed by atoms with E-state index in [-0.39, 0.29) is 22.8 Å². The predicted octanol–water partition coefficient (Wildman–Crippen LogP) is 14.9. The molecule has 0 amide bonds. The van der Waals surface area contributed by atoms with Gasteiger partial charge in [-0.1, -0.05) is 85.0 Å². The molecule has 0 radical (unpaired) electrons. The van der Waals surface area contributed by atoms with Gasteiger partial charge in [0.2, 0.25) is 0 Å². The molecule has 0 aromatic rings. The second-order valence-electron chi connectivity index (χ2n) is 14.8. The van der Waals surface area contributed by atoms with E-state index in [1.807, 2.05) is 0 Å². The Kier molecular flexibility index (Phi) is 29.0. The summed E-state index contributed by atoms with van der Waals surface area (Å²) in [5.41, 5.74) is 7.25.